The van der Waals surface area contributed by atoms with E-state index in [1.165, 1.54) is 11.1 Å². The SMILES string of the molecule is CC(C)(C)c1ccnc(N2c3[c-]c(Oc4[c-]c(N5C=CN(c6ccccc6)[CH-]5)ccc4)ccc3-c3ccccc3-c3ccccc32)c1.[Pt]. The fourth-order valence-corrected chi connectivity index (χ4v) is 6.15. The van der Waals surface area contributed by atoms with Gasteiger partial charge in [-0.25, -0.2) is 4.98 Å². The number of anilines is 5. The van der Waals surface area contributed by atoms with E-state index in [2.05, 4.69) is 122 Å². The predicted molar refractivity (Wildman–Crippen MR) is 191 cm³/mol. The summed E-state index contributed by atoms with van der Waals surface area (Å²) in [5.74, 6) is 2.03. The molecule has 3 heterocycles. The molecular weight excluding hydrogens is 772 g/mol. The van der Waals surface area contributed by atoms with Crippen molar-refractivity contribution >= 4 is 28.6 Å². The zero-order valence-electron chi connectivity index (χ0n) is 26.9. The number of benzene rings is 5. The summed E-state index contributed by atoms with van der Waals surface area (Å²) < 4.78 is 6.50. The van der Waals surface area contributed by atoms with Gasteiger partial charge in [0.05, 0.1) is 5.69 Å². The molecule has 240 valence electrons. The van der Waals surface area contributed by atoms with Crippen LogP contribution in [0, 0.1) is 18.8 Å². The van der Waals surface area contributed by atoms with Crippen LogP contribution in [0.1, 0.15) is 26.3 Å². The number of hydrogen-bond donors (Lipinski definition) is 0. The van der Waals surface area contributed by atoms with Gasteiger partial charge in [-0.1, -0.05) is 92.7 Å². The second kappa shape index (κ2) is 12.8. The van der Waals surface area contributed by atoms with Crippen LogP contribution in [0.2, 0.25) is 0 Å². The van der Waals surface area contributed by atoms with Crippen LogP contribution in [-0.2, 0) is 26.5 Å². The van der Waals surface area contributed by atoms with Gasteiger partial charge in [0.1, 0.15) is 5.82 Å². The molecule has 0 saturated carbocycles. The number of rotatable bonds is 5. The summed E-state index contributed by atoms with van der Waals surface area (Å²) in [4.78, 5) is 11.2. The molecule has 2 aliphatic rings. The molecule has 8 rings (SSSR count). The van der Waals surface area contributed by atoms with Crippen molar-refractivity contribution in [2.75, 3.05) is 14.7 Å². The molecule has 5 aromatic carbocycles. The summed E-state index contributed by atoms with van der Waals surface area (Å²) in [6.07, 6.45) is 5.95. The fourth-order valence-electron chi connectivity index (χ4n) is 6.15. The summed E-state index contributed by atoms with van der Waals surface area (Å²) in [5, 5.41) is 0. The second-order valence-electron chi connectivity index (χ2n) is 12.7. The number of ether oxygens (including phenoxy) is 1. The van der Waals surface area contributed by atoms with Crippen LogP contribution >= 0.6 is 0 Å². The molecule has 0 spiro atoms. The largest absolute Gasteiger partial charge is 0.509 e. The van der Waals surface area contributed by atoms with E-state index in [1.807, 2.05) is 72.6 Å². The van der Waals surface area contributed by atoms with Crippen molar-refractivity contribution in [3.8, 4) is 33.8 Å². The molecule has 0 radical (unpaired) electrons. The Balaban J connectivity index is 0.00000364. The maximum absolute atomic E-state index is 6.50. The Hall–Kier alpha value is -5.12. The summed E-state index contributed by atoms with van der Waals surface area (Å²) in [6, 6.07) is 48.8. The zero-order chi connectivity index (χ0) is 32.0. The van der Waals surface area contributed by atoms with E-state index in [9.17, 15) is 0 Å². The van der Waals surface area contributed by atoms with E-state index in [0.29, 0.717) is 11.5 Å². The third kappa shape index (κ3) is 5.91. The van der Waals surface area contributed by atoms with Crippen molar-refractivity contribution in [2.45, 2.75) is 26.2 Å². The van der Waals surface area contributed by atoms with E-state index < -0.39 is 0 Å². The monoisotopic (exact) mass is 804 g/mol. The van der Waals surface area contributed by atoms with E-state index in [0.717, 1.165) is 45.3 Å². The molecule has 1 aromatic heterocycles. The number of fused-ring (bicyclic) bond motifs is 5. The Labute approximate surface area is 297 Å². The van der Waals surface area contributed by atoms with Crippen molar-refractivity contribution < 1.29 is 25.8 Å². The minimum Gasteiger partial charge on any atom is -0.509 e. The maximum atomic E-state index is 6.50. The van der Waals surface area contributed by atoms with Gasteiger partial charge in [0.2, 0.25) is 0 Å². The molecule has 6 heteroatoms. The van der Waals surface area contributed by atoms with Crippen LogP contribution in [-0.4, -0.2) is 4.98 Å². The minimum atomic E-state index is -0.0372. The first-order valence-corrected chi connectivity index (χ1v) is 15.8. The summed E-state index contributed by atoms with van der Waals surface area (Å²) in [6.45, 7) is 8.71. The van der Waals surface area contributed by atoms with Gasteiger partial charge in [0, 0.05) is 50.0 Å². The second-order valence-corrected chi connectivity index (χ2v) is 12.7. The molecule has 2 aliphatic heterocycles. The Morgan fingerprint density at radius 3 is 2.12 bits per heavy atom. The first-order chi connectivity index (χ1) is 22.9. The normalized spacial score (nSPS) is 13.3. The fraction of sp³-hybridized carbons (Fsp3) is 0.0952. The van der Waals surface area contributed by atoms with Crippen LogP contribution < -0.4 is 19.4 Å². The van der Waals surface area contributed by atoms with E-state index in [1.54, 1.807) is 0 Å². The molecule has 0 N–H and O–H groups in total. The molecule has 0 amide bonds. The Morgan fingerprint density at radius 1 is 0.646 bits per heavy atom. The van der Waals surface area contributed by atoms with Crippen molar-refractivity contribution in [2.24, 2.45) is 0 Å². The van der Waals surface area contributed by atoms with Gasteiger partial charge in [-0.3, -0.25) is 0 Å². The molecule has 0 atom stereocenters. The van der Waals surface area contributed by atoms with Crippen LogP contribution in [0.4, 0.5) is 28.6 Å². The predicted octanol–water partition coefficient (Wildman–Crippen LogP) is 10.8. The van der Waals surface area contributed by atoms with Gasteiger partial charge >= 0.3 is 0 Å². The maximum Gasteiger partial charge on any atom is 0.135 e. The molecular formula is C42H33N4OPt-3. The van der Waals surface area contributed by atoms with Crippen LogP contribution in [0.15, 0.2) is 140 Å². The van der Waals surface area contributed by atoms with Gasteiger partial charge in [0.25, 0.3) is 0 Å². The summed E-state index contributed by atoms with van der Waals surface area (Å²) >= 11 is 0. The van der Waals surface area contributed by atoms with Crippen LogP contribution in [0.3, 0.4) is 0 Å². The Kier molecular flexibility index (Phi) is 8.41. The zero-order valence-corrected chi connectivity index (χ0v) is 29.1. The molecule has 0 aliphatic carbocycles. The quantitative estimate of drug-likeness (QED) is 0.162. The first-order valence-electron chi connectivity index (χ1n) is 15.8. The third-order valence-corrected chi connectivity index (χ3v) is 8.56. The first kappa shape index (κ1) is 31.5. The van der Waals surface area contributed by atoms with Crippen molar-refractivity contribution in [1.82, 2.24) is 4.98 Å². The summed E-state index contributed by atoms with van der Waals surface area (Å²) in [7, 11) is 0. The smallest absolute Gasteiger partial charge is 0.135 e. The van der Waals surface area contributed by atoms with Gasteiger partial charge in [-0.2, -0.15) is 12.1 Å². The molecule has 0 fully saturated rings. The number of nitrogens with zero attached hydrogens (tertiary/aromatic N) is 4. The number of pyridine rings is 1. The van der Waals surface area contributed by atoms with E-state index >= 15 is 0 Å². The Morgan fingerprint density at radius 2 is 1.33 bits per heavy atom. The van der Waals surface area contributed by atoms with Gasteiger partial charge in [-0.05, 0) is 59.3 Å². The average Bonchev–Trinajstić information content (AvgIpc) is 3.56. The summed E-state index contributed by atoms with van der Waals surface area (Å²) in [5.41, 5.74) is 9.56. The van der Waals surface area contributed by atoms with E-state index in [4.69, 9.17) is 9.72 Å². The standard InChI is InChI=1S/C42H33N4O.Pt/c1-42(2,3)30-22-23-43-41(26-30)46-39-19-10-9-18-37(39)35-16-7-8-17-36(35)38-21-20-34(28-40(38)46)47-33-15-11-14-32(27-33)45-25-24-44(29-45)31-12-5-4-6-13-31;/h4-26,29H,1-3H3;/q-3;. The molecule has 0 bridgehead atoms. The number of aromatic nitrogens is 1. The van der Waals surface area contributed by atoms with Crippen LogP contribution in [0.25, 0.3) is 22.3 Å². The number of hydrogen-bond acceptors (Lipinski definition) is 5. The Bertz CT molecular complexity index is 2120. The van der Waals surface area contributed by atoms with Crippen molar-refractivity contribution in [3.05, 3.63) is 164 Å². The topological polar surface area (TPSA) is 31.8 Å². The van der Waals surface area contributed by atoms with Crippen molar-refractivity contribution in [3.63, 3.8) is 0 Å². The molecule has 5 nitrogen and oxygen atoms in total. The molecule has 0 unspecified atom stereocenters. The molecule has 0 saturated heterocycles. The molecule has 6 aromatic rings. The average molecular weight is 805 g/mol. The molecule has 48 heavy (non-hydrogen) atoms. The number of para-hydroxylation sites is 2. The van der Waals surface area contributed by atoms with E-state index in [-0.39, 0.29) is 26.5 Å². The van der Waals surface area contributed by atoms with Crippen molar-refractivity contribution in [1.29, 1.82) is 0 Å². The minimum absolute atomic E-state index is 0. The van der Waals surface area contributed by atoms with Gasteiger partial charge in [0.15, 0.2) is 0 Å². The van der Waals surface area contributed by atoms with Crippen LogP contribution in [0.5, 0.6) is 11.5 Å². The van der Waals surface area contributed by atoms with Gasteiger partial charge in [-0.15, -0.1) is 48.3 Å². The van der Waals surface area contributed by atoms with Gasteiger partial charge < -0.3 is 19.4 Å². The third-order valence-electron chi connectivity index (χ3n) is 8.56.